The standard InChI is InChI=1S/C19H33NO6/c1-2-3-4-5-6-7-8-9-10-11-12-13-20(14-17(21)22,15-18(23)24)16-19(25)26/h11-12H,2-10,13-16H2,1H3,(H2-,21,22,23,24,25,26)/p+1/b12-11+. The van der Waals surface area contributed by atoms with Crippen molar-refractivity contribution in [3.8, 4) is 0 Å². The minimum atomic E-state index is -1.20. The maximum atomic E-state index is 11.1. The number of hydrogen-bond acceptors (Lipinski definition) is 3. The molecule has 7 nitrogen and oxygen atoms in total. The zero-order valence-corrected chi connectivity index (χ0v) is 15.9. The van der Waals surface area contributed by atoms with Crippen molar-refractivity contribution < 1.29 is 34.2 Å². The predicted molar refractivity (Wildman–Crippen MR) is 99.0 cm³/mol. The highest BCUT2D eigenvalue weighted by Gasteiger charge is 2.34. The van der Waals surface area contributed by atoms with Gasteiger partial charge in [-0.1, -0.05) is 57.9 Å². The van der Waals surface area contributed by atoms with Gasteiger partial charge in [0.1, 0.15) is 0 Å². The van der Waals surface area contributed by atoms with Gasteiger partial charge in [0.25, 0.3) is 0 Å². The van der Waals surface area contributed by atoms with Crippen molar-refractivity contribution in [2.75, 3.05) is 26.2 Å². The minimum absolute atomic E-state index is 0.0852. The van der Waals surface area contributed by atoms with E-state index in [9.17, 15) is 14.4 Å². The van der Waals surface area contributed by atoms with E-state index in [1.807, 2.05) is 6.08 Å². The van der Waals surface area contributed by atoms with Gasteiger partial charge in [-0.05, 0) is 18.9 Å². The summed E-state index contributed by atoms with van der Waals surface area (Å²) in [6.07, 6.45) is 14.2. The molecule has 0 saturated heterocycles. The number of carbonyl (C=O) groups is 3. The lowest BCUT2D eigenvalue weighted by Gasteiger charge is -2.33. The fourth-order valence-electron chi connectivity index (χ4n) is 3.03. The third kappa shape index (κ3) is 13.4. The Hall–Kier alpha value is -1.89. The van der Waals surface area contributed by atoms with Crippen LogP contribution in [0.5, 0.6) is 0 Å². The van der Waals surface area contributed by atoms with E-state index in [-0.39, 0.29) is 6.54 Å². The molecule has 0 saturated carbocycles. The summed E-state index contributed by atoms with van der Waals surface area (Å²) in [7, 11) is 0. The van der Waals surface area contributed by atoms with Crippen LogP contribution in [-0.4, -0.2) is 63.9 Å². The molecule has 0 aromatic carbocycles. The molecule has 0 radical (unpaired) electrons. The molecule has 3 N–H and O–H groups in total. The van der Waals surface area contributed by atoms with E-state index in [4.69, 9.17) is 15.3 Å². The number of carboxylic acids is 3. The molecule has 150 valence electrons. The third-order valence-electron chi connectivity index (χ3n) is 4.30. The quantitative estimate of drug-likeness (QED) is 0.205. The van der Waals surface area contributed by atoms with Gasteiger partial charge in [0, 0.05) is 0 Å². The molecule has 0 unspecified atom stereocenters. The fourth-order valence-corrected chi connectivity index (χ4v) is 3.03. The molecule has 0 aliphatic heterocycles. The Kier molecular flexibility index (Phi) is 13.3. The van der Waals surface area contributed by atoms with Crippen molar-refractivity contribution in [2.24, 2.45) is 0 Å². The van der Waals surface area contributed by atoms with Crippen molar-refractivity contribution in [2.45, 2.75) is 64.7 Å². The largest absolute Gasteiger partial charge is 0.477 e. The SMILES string of the molecule is CCCCCCCCCC/C=C/C[N+](CC(=O)O)(CC(=O)O)CC(=O)O. The summed E-state index contributed by atoms with van der Waals surface area (Å²) in [6.45, 7) is 0.702. The van der Waals surface area contributed by atoms with Crippen LogP contribution < -0.4 is 0 Å². The van der Waals surface area contributed by atoms with Crippen LogP contribution >= 0.6 is 0 Å². The summed E-state index contributed by atoms with van der Waals surface area (Å²) in [6, 6.07) is 0. The van der Waals surface area contributed by atoms with E-state index in [2.05, 4.69) is 6.92 Å². The second-order valence-electron chi connectivity index (χ2n) is 6.91. The highest BCUT2D eigenvalue weighted by Crippen LogP contribution is 2.11. The number of rotatable bonds is 17. The van der Waals surface area contributed by atoms with Crippen LogP contribution in [0.3, 0.4) is 0 Å². The summed E-state index contributed by atoms with van der Waals surface area (Å²) in [5.74, 6) is -3.61. The van der Waals surface area contributed by atoms with Gasteiger partial charge in [-0.15, -0.1) is 0 Å². The number of allylic oxidation sites excluding steroid dienone is 1. The number of quaternary nitrogens is 1. The average Bonchev–Trinajstić information content (AvgIpc) is 2.50. The van der Waals surface area contributed by atoms with Crippen LogP contribution in [0.15, 0.2) is 12.2 Å². The van der Waals surface area contributed by atoms with E-state index in [1.165, 1.54) is 38.5 Å². The average molecular weight is 372 g/mol. The van der Waals surface area contributed by atoms with E-state index >= 15 is 0 Å². The van der Waals surface area contributed by atoms with Crippen molar-refractivity contribution in [1.82, 2.24) is 0 Å². The topological polar surface area (TPSA) is 112 Å². The van der Waals surface area contributed by atoms with Crippen LogP contribution in [0, 0.1) is 0 Å². The van der Waals surface area contributed by atoms with Crippen LogP contribution in [0.1, 0.15) is 64.7 Å². The van der Waals surface area contributed by atoms with Gasteiger partial charge < -0.3 is 15.3 Å². The molecule has 0 bridgehead atoms. The monoisotopic (exact) mass is 372 g/mol. The number of aliphatic carboxylic acids is 3. The Morgan fingerprint density at radius 2 is 1.12 bits per heavy atom. The first-order valence-corrected chi connectivity index (χ1v) is 9.47. The van der Waals surface area contributed by atoms with Crippen LogP contribution in [-0.2, 0) is 14.4 Å². The van der Waals surface area contributed by atoms with Crippen LogP contribution in [0.4, 0.5) is 0 Å². The first-order chi connectivity index (χ1) is 12.3. The summed E-state index contributed by atoms with van der Waals surface area (Å²) in [5.41, 5.74) is 0. The van der Waals surface area contributed by atoms with Crippen LogP contribution in [0.25, 0.3) is 0 Å². The van der Waals surface area contributed by atoms with Crippen LogP contribution in [0.2, 0.25) is 0 Å². The van der Waals surface area contributed by atoms with Crippen molar-refractivity contribution in [1.29, 1.82) is 0 Å². The molecule has 0 heterocycles. The third-order valence-corrected chi connectivity index (χ3v) is 4.30. The Bertz CT molecular complexity index is 420. The van der Waals surface area contributed by atoms with Gasteiger partial charge >= 0.3 is 17.9 Å². The Balaban J connectivity index is 4.32. The van der Waals surface area contributed by atoms with Crippen molar-refractivity contribution in [3.63, 3.8) is 0 Å². The summed E-state index contributed by atoms with van der Waals surface area (Å²) in [5, 5.41) is 27.1. The lowest BCUT2D eigenvalue weighted by molar-refractivity contribution is -0.902. The number of unbranched alkanes of at least 4 members (excludes halogenated alkanes) is 8. The van der Waals surface area contributed by atoms with Crippen molar-refractivity contribution >= 4 is 17.9 Å². The lowest BCUT2D eigenvalue weighted by Crippen LogP contribution is -2.56. The normalized spacial score (nSPS) is 11.7. The summed E-state index contributed by atoms with van der Waals surface area (Å²) >= 11 is 0. The zero-order valence-electron chi connectivity index (χ0n) is 15.9. The number of carboxylic acid groups (broad SMARTS) is 3. The molecule has 0 amide bonds. The van der Waals surface area contributed by atoms with E-state index < -0.39 is 42.0 Å². The zero-order chi connectivity index (χ0) is 19.8. The molecule has 0 fully saturated rings. The Labute approximate surface area is 155 Å². The molecule has 26 heavy (non-hydrogen) atoms. The lowest BCUT2D eigenvalue weighted by atomic mass is 10.1. The highest BCUT2D eigenvalue weighted by atomic mass is 16.4. The van der Waals surface area contributed by atoms with E-state index in [1.54, 1.807) is 6.08 Å². The maximum Gasteiger partial charge on any atom is 0.359 e. The Morgan fingerprint density at radius 3 is 1.54 bits per heavy atom. The highest BCUT2D eigenvalue weighted by molar-refractivity contribution is 5.73. The molecule has 7 heteroatoms. The molecule has 0 spiro atoms. The molecular formula is C19H34NO6+. The summed E-state index contributed by atoms with van der Waals surface area (Å²) < 4.78 is -0.520. The smallest absolute Gasteiger partial charge is 0.359 e. The first kappa shape index (κ1) is 24.1. The molecular weight excluding hydrogens is 338 g/mol. The molecule has 0 rings (SSSR count). The number of hydrogen-bond donors (Lipinski definition) is 3. The van der Waals surface area contributed by atoms with Gasteiger partial charge in [-0.3, -0.25) is 4.48 Å². The summed E-state index contributed by atoms with van der Waals surface area (Å²) in [4.78, 5) is 33.2. The first-order valence-electron chi connectivity index (χ1n) is 9.47. The second-order valence-corrected chi connectivity index (χ2v) is 6.91. The predicted octanol–water partition coefficient (Wildman–Crippen LogP) is 3.14. The van der Waals surface area contributed by atoms with E-state index in [0.29, 0.717) is 0 Å². The second kappa shape index (κ2) is 14.3. The molecule has 0 aromatic rings. The fraction of sp³-hybridized carbons (Fsp3) is 0.737. The molecule has 0 aliphatic carbocycles. The van der Waals surface area contributed by atoms with Gasteiger partial charge in [0.15, 0.2) is 19.6 Å². The maximum absolute atomic E-state index is 11.1. The number of nitrogens with zero attached hydrogens (tertiary/aromatic N) is 1. The molecule has 0 aromatic heterocycles. The molecule has 0 aliphatic rings. The van der Waals surface area contributed by atoms with Gasteiger partial charge in [-0.2, -0.15) is 0 Å². The van der Waals surface area contributed by atoms with Gasteiger partial charge in [0.2, 0.25) is 0 Å². The van der Waals surface area contributed by atoms with E-state index in [0.717, 1.165) is 19.3 Å². The van der Waals surface area contributed by atoms with Crippen molar-refractivity contribution in [3.05, 3.63) is 12.2 Å². The Morgan fingerprint density at radius 1 is 0.692 bits per heavy atom. The van der Waals surface area contributed by atoms with Gasteiger partial charge in [0.05, 0.1) is 6.54 Å². The minimum Gasteiger partial charge on any atom is -0.477 e. The van der Waals surface area contributed by atoms with Gasteiger partial charge in [-0.25, -0.2) is 14.4 Å². The molecule has 0 atom stereocenters.